The molecule has 0 atom stereocenters. The van der Waals surface area contributed by atoms with Crippen LogP contribution in [0.25, 0.3) is 10.9 Å². The Kier molecular flexibility index (Phi) is 3.38. The summed E-state index contributed by atoms with van der Waals surface area (Å²) in [7, 11) is 1.50. The van der Waals surface area contributed by atoms with Crippen molar-refractivity contribution in [1.29, 1.82) is 5.26 Å². The molecule has 0 aliphatic heterocycles. The summed E-state index contributed by atoms with van der Waals surface area (Å²) in [5, 5.41) is 9.88. The fourth-order valence-electron chi connectivity index (χ4n) is 1.77. The third kappa shape index (κ3) is 2.38. The smallest absolute Gasteiger partial charge is 0.255 e. The van der Waals surface area contributed by atoms with Crippen LogP contribution in [-0.4, -0.2) is 25.0 Å². The number of fused-ring (bicyclic) bond motifs is 1. The summed E-state index contributed by atoms with van der Waals surface area (Å²) in [4.78, 5) is 5.57. The van der Waals surface area contributed by atoms with Gasteiger partial charge in [-0.15, -0.1) is 0 Å². The van der Waals surface area contributed by atoms with Crippen LogP contribution in [0.4, 0.5) is 14.6 Å². The second-order valence-electron chi connectivity index (χ2n) is 3.94. The average molecular weight is 247 g/mol. The first kappa shape index (κ1) is 12.2. The molecule has 0 amide bonds. The number of alkyl halides is 2. The maximum atomic E-state index is 12.4. The minimum atomic E-state index is -2.46. The number of nitrogens with zero attached hydrogens (tertiary/aromatic N) is 3. The molecule has 0 saturated carbocycles. The monoisotopic (exact) mass is 247 g/mol. The first-order valence-electron chi connectivity index (χ1n) is 5.41. The molecule has 0 aliphatic carbocycles. The molecule has 1 aromatic carbocycles. The number of para-hydroxylation sites is 1. The number of anilines is 1. The quantitative estimate of drug-likeness (QED) is 0.837. The Morgan fingerprint density at radius 2 is 2.11 bits per heavy atom. The van der Waals surface area contributed by atoms with Gasteiger partial charge in [0.05, 0.1) is 17.6 Å². The van der Waals surface area contributed by atoms with Crippen molar-refractivity contribution in [3.63, 3.8) is 0 Å². The highest BCUT2D eigenvalue weighted by Gasteiger charge is 2.14. The van der Waals surface area contributed by atoms with Crippen LogP contribution >= 0.6 is 0 Å². The first-order chi connectivity index (χ1) is 8.61. The molecule has 92 valence electrons. The van der Waals surface area contributed by atoms with Gasteiger partial charge >= 0.3 is 0 Å². The van der Waals surface area contributed by atoms with E-state index in [1.54, 1.807) is 12.1 Å². The minimum Gasteiger partial charge on any atom is -0.353 e. The molecule has 0 spiro atoms. The largest absolute Gasteiger partial charge is 0.353 e. The van der Waals surface area contributed by atoms with Crippen LogP contribution in [-0.2, 0) is 0 Å². The number of hydrogen-bond donors (Lipinski definition) is 0. The number of nitriles is 1. The molecule has 3 nitrogen and oxygen atoms in total. The Labute approximate surface area is 103 Å². The van der Waals surface area contributed by atoms with Gasteiger partial charge in [-0.1, -0.05) is 18.2 Å². The number of hydrogen-bond acceptors (Lipinski definition) is 3. The van der Waals surface area contributed by atoms with Gasteiger partial charge in [-0.2, -0.15) is 5.26 Å². The molecule has 5 heteroatoms. The van der Waals surface area contributed by atoms with Gasteiger partial charge in [-0.25, -0.2) is 13.8 Å². The lowest BCUT2D eigenvalue weighted by Crippen LogP contribution is -2.25. The zero-order chi connectivity index (χ0) is 13.1. The second-order valence-corrected chi connectivity index (χ2v) is 3.94. The molecule has 1 aromatic heterocycles. The Balaban J connectivity index is 2.52. The SMILES string of the molecule is CN(CC(F)F)c1nc2ccccc2cc1C#N. The molecule has 0 bridgehead atoms. The fraction of sp³-hybridized carbons (Fsp3) is 0.231. The number of rotatable bonds is 3. The van der Waals surface area contributed by atoms with E-state index in [9.17, 15) is 8.78 Å². The summed E-state index contributed by atoms with van der Waals surface area (Å²) >= 11 is 0. The summed E-state index contributed by atoms with van der Waals surface area (Å²) in [6.07, 6.45) is -2.46. The molecule has 0 unspecified atom stereocenters. The molecule has 0 fully saturated rings. The minimum absolute atomic E-state index is 0.288. The van der Waals surface area contributed by atoms with Crippen molar-refractivity contribution in [2.45, 2.75) is 6.43 Å². The van der Waals surface area contributed by atoms with Gasteiger partial charge in [0.15, 0.2) is 0 Å². The molecule has 0 radical (unpaired) electrons. The standard InChI is InChI=1S/C13H11F2N3/c1-18(8-12(14)15)13-10(7-16)6-9-4-2-3-5-11(9)17-13/h2-6,12H,8H2,1H3. The highest BCUT2D eigenvalue weighted by atomic mass is 19.3. The lowest BCUT2D eigenvalue weighted by Gasteiger charge is -2.19. The van der Waals surface area contributed by atoms with Crippen molar-refractivity contribution >= 4 is 16.7 Å². The van der Waals surface area contributed by atoms with E-state index in [2.05, 4.69) is 4.98 Å². The van der Waals surface area contributed by atoms with Crippen LogP contribution in [0, 0.1) is 11.3 Å². The molecule has 2 aromatic rings. The molecule has 18 heavy (non-hydrogen) atoms. The van der Waals surface area contributed by atoms with Crippen LogP contribution < -0.4 is 4.90 Å². The zero-order valence-corrected chi connectivity index (χ0v) is 9.77. The van der Waals surface area contributed by atoms with Crippen LogP contribution in [0.1, 0.15) is 5.56 Å². The van der Waals surface area contributed by atoms with Crippen LogP contribution in [0.3, 0.4) is 0 Å². The lowest BCUT2D eigenvalue weighted by atomic mass is 10.1. The van der Waals surface area contributed by atoms with E-state index < -0.39 is 13.0 Å². The van der Waals surface area contributed by atoms with E-state index >= 15 is 0 Å². The highest BCUT2D eigenvalue weighted by molar-refractivity contribution is 5.83. The average Bonchev–Trinajstić information content (AvgIpc) is 2.36. The van der Waals surface area contributed by atoms with Crippen molar-refractivity contribution in [3.8, 4) is 6.07 Å². The maximum Gasteiger partial charge on any atom is 0.255 e. The van der Waals surface area contributed by atoms with Gasteiger partial charge in [-0.05, 0) is 12.1 Å². The Morgan fingerprint density at radius 1 is 1.39 bits per heavy atom. The Bertz CT molecular complexity index is 605. The number of benzene rings is 1. The maximum absolute atomic E-state index is 12.4. The number of pyridine rings is 1. The first-order valence-corrected chi connectivity index (χ1v) is 5.41. The highest BCUT2D eigenvalue weighted by Crippen LogP contribution is 2.22. The summed E-state index contributed by atoms with van der Waals surface area (Å²) < 4.78 is 24.7. The predicted molar refractivity (Wildman–Crippen MR) is 65.7 cm³/mol. The third-order valence-corrected chi connectivity index (χ3v) is 2.60. The molecule has 0 N–H and O–H groups in total. The lowest BCUT2D eigenvalue weighted by molar-refractivity contribution is 0.156. The van der Waals surface area contributed by atoms with Gasteiger partial charge in [0.2, 0.25) is 0 Å². The van der Waals surface area contributed by atoms with E-state index in [4.69, 9.17) is 5.26 Å². The van der Waals surface area contributed by atoms with Crippen molar-refractivity contribution < 1.29 is 8.78 Å². The van der Waals surface area contributed by atoms with E-state index in [0.29, 0.717) is 11.1 Å². The summed E-state index contributed by atoms with van der Waals surface area (Å²) in [5.41, 5.74) is 0.990. The van der Waals surface area contributed by atoms with Crippen molar-refractivity contribution in [2.24, 2.45) is 0 Å². The van der Waals surface area contributed by atoms with Crippen LogP contribution in [0.5, 0.6) is 0 Å². The van der Waals surface area contributed by atoms with E-state index in [1.807, 2.05) is 24.3 Å². The van der Waals surface area contributed by atoms with Gasteiger partial charge < -0.3 is 4.90 Å². The predicted octanol–water partition coefficient (Wildman–Crippen LogP) is 2.81. The van der Waals surface area contributed by atoms with Crippen molar-refractivity contribution in [3.05, 3.63) is 35.9 Å². The number of halogens is 2. The molecular formula is C13H11F2N3. The van der Waals surface area contributed by atoms with E-state index in [-0.39, 0.29) is 5.82 Å². The molecular weight excluding hydrogens is 236 g/mol. The van der Waals surface area contributed by atoms with E-state index in [1.165, 1.54) is 11.9 Å². The molecule has 0 saturated heterocycles. The summed E-state index contributed by atoms with van der Waals surface area (Å²) in [6.45, 7) is -0.444. The van der Waals surface area contributed by atoms with Crippen molar-refractivity contribution in [2.75, 3.05) is 18.5 Å². The number of aromatic nitrogens is 1. The summed E-state index contributed by atoms with van der Waals surface area (Å²) in [5.74, 6) is 0.288. The second kappa shape index (κ2) is 4.96. The Morgan fingerprint density at radius 3 is 2.78 bits per heavy atom. The molecule has 2 rings (SSSR count). The summed E-state index contributed by atoms with van der Waals surface area (Å²) in [6, 6.07) is 10.9. The van der Waals surface area contributed by atoms with Gasteiger partial charge in [0.1, 0.15) is 11.9 Å². The topological polar surface area (TPSA) is 39.9 Å². The van der Waals surface area contributed by atoms with Crippen LogP contribution in [0.15, 0.2) is 30.3 Å². The van der Waals surface area contributed by atoms with Gasteiger partial charge in [0.25, 0.3) is 6.43 Å². The zero-order valence-electron chi connectivity index (χ0n) is 9.77. The van der Waals surface area contributed by atoms with Crippen molar-refractivity contribution in [1.82, 2.24) is 4.98 Å². The Hall–Kier alpha value is -2.22. The van der Waals surface area contributed by atoms with Gasteiger partial charge in [0, 0.05) is 12.4 Å². The third-order valence-electron chi connectivity index (χ3n) is 2.60. The van der Waals surface area contributed by atoms with Gasteiger partial charge in [-0.3, -0.25) is 0 Å². The molecule has 0 aliphatic rings. The van der Waals surface area contributed by atoms with Crippen LogP contribution in [0.2, 0.25) is 0 Å². The van der Waals surface area contributed by atoms with E-state index in [0.717, 1.165) is 5.39 Å². The fourth-order valence-corrected chi connectivity index (χ4v) is 1.77. The molecule has 1 heterocycles. The normalized spacial score (nSPS) is 10.6.